The normalized spacial score (nSPS) is 10.6. The Morgan fingerprint density at radius 1 is 1.23 bits per heavy atom. The average molecular weight is 300 g/mol. The molecular formula is C14H16N6O2. The summed E-state index contributed by atoms with van der Waals surface area (Å²) in [5.41, 5.74) is 2.13. The number of H-pyrrole nitrogens is 1. The summed E-state index contributed by atoms with van der Waals surface area (Å²) in [5.74, 6) is 1.79. The fraction of sp³-hybridized carbons (Fsp3) is 0.214. The van der Waals surface area contributed by atoms with E-state index in [-0.39, 0.29) is 6.61 Å². The van der Waals surface area contributed by atoms with Gasteiger partial charge in [-0.15, -0.1) is 0 Å². The Kier molecular flexibility index (Phi) is 4.01. The molecule has 0 spiro atoms. The number of hydrogen-bond acceptors (Lipinski definition) is 7. The van der Waals surface area contributed by atoms with Gasteiger partial charge in [-0.1, -0.05) is 0 Å². The molecule has 1 aromatic carbocycles. The summed E-state index contributed by atoms with van der Waals surface area (Å²) >= 11 is 0. The van der Waals surface area contributed by atoms with Crippen molar-refractivity contribution in [2.24, 2.45) is 0 Å². The largest absolute Gasteiger partial charge is 0.497 e. The zero-order valence-corrected chi connectivity index (χ0v) is 12.0. The van der Waals surface area contributed by atoms with E-state index in [1.54, 1.807) is 13.4 Å². The molecule has 0 saturated heterocycles. The van der Waals surface area contributed by atoms with Crippen LogP contribution >= 0.6 is 0 Å². The summed E-state index contributed by atoms with van der Waals surface area (Å²) in [6, 6.07) is 7.51. The van der Waals surface area contributed by atoms with Gasteiger partial charge in [0, 0.05) is 12.2 Å². The van der Waals surface area contributed by atoms with Gasteiger partial charge in [-0.05, 0) is 24.3 Å². The molecule has 22 heavy (non-hydrogen) atoms. The predicted octanol–water partition coefficient (Wildman–Crippen LogP) is 1.51. The van der Waals surface area contributed by atoms with Crippen molar-refractivity contribution in [1.29, 1.82) is 0 Å². The first-order chi connectivity index (χ1) is 10.8. The Morgan fingerprint density at radius 2 is 2.05 bits per heavy atom. The molecule has 0 aliphatic carbocycles. The molecule has 2 aromatic heterocycles. The number of nitrogens with one attached hydrogen (secondary N) is 3. The van der Waals surface area contributed by atoms with Crippen LogP contribution in [0, 0.1) is 0 Å². The Balaban J connectivity index is 1.91. The van der Waals surface area contributed by atoms with Gasteiger partial charge in [-0.3, -0.25) is 0 Å². The molecule has 0 atom stereocenters. The van der Waals surface area contributed by atoms with Gasteiger partial charge < -0.3 is 25.5 Å². The van der Waals surface area contributed by atoms with E-state index in [2.05, 4.69) is 30.6 Å². The van der Waals surface area contributed by atoms with Gasteiger partial charge in [0.1, 0.15) is 11.3 Å². The summed E-state index contributed by atoms with van der Waals surface area (Å²) in [4.78, 5) is 15.8. The van der Waals surface area contributed by atoms with Crippen LogP contribution in [0.15, 0.2) is 30.6 Å². The molecule has 0 unspecified atom stereocenters. The van der Waals surface area contributed by atoms with Crippen molar-refractivity contribution >= 4 is 28.6 Å². The summed E-state index contributed by atoms with van der Waals surface area (Å²) < 4.78 is 5.14. The van der Waals surface area contributed by atoms with Crippen LogP contribution < -0.4 is 15.4 Å². The lowest BCUT2D eigenvalue weighted by Gasteiger charge is -2.09. The van der Waals surface area contributed by atoms with E-state index < -0.39 is 0 Å². The molecule has 0 saturated carbocycles. The predicted molar refractivity (Wildman–Crippen MR) is 83.5 cm³/mol. The summed E-state index contributed by atoms with van der Waals surface area (Å²) in [5, 5.41) is 15.0. The van der Waals surface area contributed by atoms with Gasteiger partial charge in [0.2, 0.25) is 5.95 Å². The summed E-state index contributed by atoms with van der Waals surface area (Å²) in [6.45, 7) is 0.376. The van der Waals surface area contributed by atoms with E-state index >= 15 is 0 Å². The average Bonchev–Trinajstić information content (AvgIpc) is 3.02. The van der Waals surface area contributed by atoms with E-state index in [1.165, 1.54) is 0 Å². The number of imidazole rings is 1. The number of aromatic nitrogens is 4. The molecule has 0 amide bonds. The third kappa shape index (κ3) is 2.91. The first kappa shape index (κ1) is 14.1. The third-order valence-corrected chi connectivity index (χ3v) is 3.03. The zero-order chi connectivity index (χ0) is 15.4. The van der Waals surface area contributed by atoms with Crippen molar-refractivity contribution in [3.05, 3.63) is 30.6 Å². The molecule has 2 heterocycles. The van der Waals surface area contributed by atoms with Crippen LogP contribution in [0.4, 0.5) is 17.5 Å². The molecule has 0 fully saturated rings. The fourth-order valence-electron chi connectivity index (χ4n) is 1.98. The maximum absolute atomic E-state index is 8.89. The lowest BCUT2D eigenvalue weighted by atomic mass is 10.3. The van der Waals surface area contributed by atoms with Crippen molar-refractivity contribution in [1.82, 2.24) is 19.9 Å². The molecule has 8 heteroatoms. The van der Waals surface area contributed by atoms with Crippen molar-refractivity contribution in [3.8, 4) is 5.75 Å². The van der Waals surface area contributed by atoms with Gasteiger partial charge in [0.25, 0.3) is 0 Å². The Morgan fingerprint density at radius 3 is 2.77 bits per heavy atom. The number of ether oxygens (including phenoxy) is 1. The second kappa shape index (κ2) is 6.27. The molecule has 3 aromatic rings. The van der Waals surface area contributed by atoms with Crippen LogP contribution in [-0.2, 0) is 0 Å². The topological polar surface area (TPSA) is 108 Å². The fourth-order valence-corrected chi connectivity index (χ4v) is 1.98. The van der Waals surface area contributed by atoms with Gasteiger partial charge in [-0.25, -0.2) is 4.98 Å². The van der Waals surface area contributed by atoms with Crippen molar-refractivity contribution in [3.63, 3.8) is 0 Å². The minimum absolute atomic E-state index is 0.00318. The van der Waals surface area contributed by atoms with Crippen LogP contribution in [0.3, 0.4) is 0 Å². The highest BCUT2D eigenvalue weighted by Crippen LogP contribution is 2.24. The first-order valence-electron chi connectivity index (χ1n) is 6.77. The van der Waals surface area contributed by atoms with Crippen LogP contribution in [-0.4, -0.2) is 45.3 Å². The molecule has 8 nitrogen and oxygen atoms in total. The standard InChI is InChI=1S/C14H16N6O2/c1-22-10-4-2-9(3-5-10)18-13-11-12(17-8-16-11)19-14(20-13)15-6-7-21/h2-5,8,21H,6-7H2,1H3,(H3,15,16,17,18,19,20). The third-order valence-electron chi connectivity index (χ3n) is 3.03. The minimum Gasteiger partial charge on any atom is -0.497 e. The van der Waals surface area contributed by atoms with Crippen LogP contribution in [0.2, 0.25) is 0 Å². The van der Waals surface area contributed by atoms with Crippen molar-refractivity contribution in [2.45, 2.75) is 0 Å². The number of hydrogen-bond donors (Lipinski definition) is 4. The van der Waals surface area contributed by atoms with Crippen LogP contribution in [0.25, 0.3) is 11.2 Å². The highest BCUT2D eigenvalue weighted by Gasteiger charge is 2.10. The van der Waals surface area contributed by atoms with Gasteiger partial charge in [0.15, 0.2) is 11.5 Å². The minimum atomic E-state index is 0.00318. The number of aliphatic hydroxyl groups excluding tert-OH is 1. The number of aromatic amines is 1. The van der Waals surface area contributed by atoms with E-state index in [1.807, 2.05) is 24.3 Å². The van der Waals surface area contributed by atoms with E-state index in [9.17, 15) is 0 Å². The second-order valence-electron chi connectivity index (χ2n) is 4.50. The molecule has 0 bridgehead atoms. The number of methoxy groups -OCH3 is 1. The number of aliphatic hydroxyl groups is 1. The lowest BCUT2D eigenvalue weighted by molar-refractivity contribution is 0.311. The van der Waals surface area contributed by atoms with Gasteiger partial charge in [0.05, 0.1) is 20.0 Å². The number of benzene rings is 1. The van der Waals surface area contributed by atoms with Crippen LogP contribution in [0.5, 0.6) is 5.75 Å². The smallest absolute Gasteiger partial charge is 0.226 e. The molecule has 3 rings (SSSR count). The molecule has 114 valence electrons. The SMILES string of the molecule is COc1ccc(Nc2nc(NCCO)nc3nc[nH]c23)cc1. The maximum Gasteiger partial charge on any atom is 0.226 e. The molecule has 0 aliphatic rings. The summed E-state index contributed by atoms with van der Waals surface area (Å²) in [6.07, 6.45) is 1.56. The highest BCUT2D eigenvalue weighted by atomic mass is 16.5. The summed E-state index contributed by atoms with van der Waals surface area (Å²) in [7, 11) is 1.63. The number of fused-ring (bicyclic) bond motifs is 1. The van der Waals surface area contributed by atoms with Gasteiger partial charge in [-0.2, -0.15) is 9.97 Å². The van der Waals surface area contributed by atoms with Gasteiger partial charge >= 0.3 is 0 Å². The number of anilines is 3. The lowest BCUT2D eigenvalue weighted by Crippen LogP contribution is -2.10. The van der Waals surface area contributed by atoms with Crippen LogP contribution in [0.1, 0.15) is 0 Å². The Hall–Kier alpha value is -2.87. The van der Waals surface area contributed by atoms with Crippen molar-refractivity contribution < 1.29 is 9.84 Å². The van der Waals surface area contributed by atoms with Crippen molar-refractivity contribution in [2.75, 3.05) is 30.9 Å². The Labute approximate surface area is 126 Å². The maximum atomic E-state index is 8.89. The second-order valence-corrected chi connectivity index (χ2v) is 4.50. The Bertz CT molecular complexity index is 756. The first-order valence-corrected chi connectivity index (χ1v) is 6.77. The van der Waals surface area contributed by atoms with E-state index in [0.717, 1.165) is 11.4 Å². The number of nitrogens with zero attached hydrogens (tertiary/aromatic N) is 3. The number of rotatable bonds is 6. The van der Waals surface area contributed by atoms with E-state index in [4.69, 9.17) is 9.84 Å². The molecule has 4 N–H and O–H groups in total. The molecule has 0 radical (unpaired) electrons. The molecule has 0 aliphatic heterocycles. The van der Waals surface area contributed by atoms with E-state index in [0.29, 0.717) is 29.5 Å². The zero-order valence-electron chi connectivity index (χ0n) is 12.0. The monoisotopic (exact) mass is 300 g/mol. The highest BCUT2D eigenvalue weighted by molar-refractivity contribution is 5.86. The molecular weight excluding hydrogens is 284 g/mol. The quantitative estimate of drug-likeness (QED) is 0.546.